The van der Waals surface area contributed by atoms with Crippen LogP contribution in [-0.4, -0.2) is 98.2 Å². The summed E-state index contributed by atoms with van der Waals surface area (Å²) in [5.74, 6) is -0.994. The highest BCUT2D eigenvalue weighted by Gasteiger charge is 2.46. The van der Waals surface area contributed by atoms with Crippen molar-refractivity contribution in [1.82, 2.24) is 40.7 Å². The van der Waals surface area contributed by atoms with Gasteiger partial charge in [0.15, 0.2) is 0 Å². The van der Waals surface area contributed by atoms with E-state index in [1.165, 1.54) is 11.8 Å². The highest BCUT2D eigenvalue weighted by atomic mass is 32.1. The molecule has 1 aliphatic rings. The zero-order valence-electron chi connectivity index (χ0n) is 40.9. The normalized spacial score (nSPS) is 15.7. The molecule has 0 spiro atoms. The van der Waals surface area contributed by atoms with Crippen LogP contribution in [0, 0.1) is 33.1 Å². The summed E-state index contributed by atoms with van der Waals surface area (Å²) in [6.07, 6.45) is 5.29. The fourth-order valence-corrected chi connectivity index (χ4v) is 9.62. The van der Waals surface area contributed by atoms with Crippen molar-refractivity contribution in [3.8, 4) is 27.3 Å². The number of benzene rings is 3. The minimum Gasteiger partial charge on any atom is -0.461 e. The number of rotatable bonds is 19. The number of likely N-dealkylation sites (tertiary alicyclic amines) is 1. The first-order valence-corrected chi connectivity index (χ1v) is 24.3. The Labute approximate surface area is 407 Å². The maximum atomic E-state index is 14.4. The Morgan fingerprint density at radius 2 is 1.67 bits per heavy atom. The number of ether oxygens (including phenoxy) is 2. The van der Waals surface area contributed by atoms with Gasteiger partial charge in [-0.3, -0.25) is 19.2 Å². The van der Waals surface area contributed by atoms with E-state index in [1.54, 1.807) is 22.2 Å². The average Bonchev–Trinajstić information content (AvgIpc) is 4.15. The predicted molar refractivity (Wildman–Crippen MR) is 265 cm³/mol. The monoisotopic (exact) mass is 957 g/mol. The van der Waals surface area contributed by atoms with Crippen LogP contribution >= 0.6 is 11.3 Å². The molecule has 7 rings (SSSR count). The Balaban J connectivity index is 0.945. The van der Waals surface area contributed by atoms with Gasteiger partial charge in [-0.1, -0.05) is 67.5 Å². The van der Waals surface area contributed by atoms with Gasteiger partial charge in [-0.15, -0.1) is 16.4 Å². The molecule has 0 bridgehead atoms. The van der Waals surface area contributed by atoms with Crippen LogP contribution < -0.4 is 15.5 Å². The molecule has 1 saturated heterocycles. The molecule has 3 amide bonds. The SMILES string of the molecule is CC(=O)OC1CC(C(=O)N[C@@H](C)c2ccc(-c3scnc3C)cc2)N(C(=O)C(NC(=O)COCCCCCN(c2ccc(-n3ccnn3)cc2)c2cc(-c3c(C)noc3C)ccc2C)C(C)(C)C)C1. The topological polar surface area (TPSA) is 187 Å². The molecule has 69 heavy (non-hydrogen) atoms. The molecular weight excluding hydrogens is 895 g/mol. The van der Waals surface area contributed by atoms with Gasteiger partial charge in [0.25, 0.3) is 0 Å². The van der Waals surface area contributed by atoms with E-state index in [-0.39, 0.29) is 31.5 Å². The van der Waals surface area contributed by atoms with Crippen LogP contribution in [0.25, 0.3) is 27.3 Å². The Hall–Kier alpha value is -6.72. The van der Waals surface area contributed by atoms with Crippen molar-refractivity contribution in [3.63, 3.8) is 0 Å². The number of thiazole rings is 1. The summed E-state index contributed by atoms with van der Waals surface area (Å²) in [5, 5.41) is 18.2. The third kappa shape index (κ3) is 12.3. The molecule has 2 N–H and O–H groups in total. The van der Waals surface area contributed by atoms with Crippen molar-refractivity contribution in [1.29, 1.82) is 0 Å². The average molecular weight is 958 g/mol. The lowest BCUT2D eigenvalue weighted by Crippen LogP contribution is -2.58. The third-order valence-corrected chi connectivity index (χ3v) is 13.4. The molecule has 3 aromatic heterocycles. The highest BCUT2D eigenvalue weighted by Crippen LogP contribution is 2.36. The Morgan fingerprint density at radius 3 is 2.30 bits per heavy atom. The lowest BCUT2D eigenvalue weighted by Gasteiger charge is -2.35. The predicted octanol–water partition coefficient (Wildman–Crippen LogP) is 8.55. The number of esters is 1. The van der Waals surface area contributed by atoms with E-state index in [9.17, 15) is 19.2 Å². The third-order valence-electron chi connectivity index (χ3n) is 12.5. The number of nitrogens with one attached hydrogen (secondary N) is 2. The van der Waals surface area contributed by atoms with E-state index in [0.717, 1.165) is 86.3 Å². The fourth-order valence-electron chi connectivity index (χ4n) is 8.81. The van der Waals surface area contributed by atoms with E-state index < -0.39 is 41.4 Å². The first-order chi connectivity index (χ1) is 33.0. The number of amides is 3. The molecule has 3 unspecified atom stereocenters. The van der Waals surface area contributed by atoms with Gasteiger partial charge >= 0.3 is 5.97 Å². The minimum atomic E-state index is -0.990. The fraction of sp³-hybridized carbons (Fsp3) is 0.423. The van der Waals surface area contributed by atoms with E-state index in [4.69, 9.17) is 14.0 Å². The quantitative estimate of drug-likeness (QED) is 0.0583. The molecule has 0 radical (unpaired) electrons. The van der Waals surface area contributed by atoms with Gasteiger partial charge in [0.05, 0.1) is 52.4 Å². The maximum Gasteiger partial charge on any atom is 0.302 e. The van der Waals surface area contributed by atoms with Gasteiger partial charge in [0.1, 0.15) is 30.6 Å². The summed E-state index contributed by atoms with van der Waals surface area (Å²) in [7, 11) is 0. The van der Waals surface area contributed by atoms with Crippen LogP contribution in [0.3, 0.4) is 0 Å². The Bertz CT molecular complexity index is 2690. The minimum absolute atomic E-state index is 0.0185. The molecule has 16 nitrogen and oxygen atoms in total. The van der Waals surface area contributed by atoms with Gasteiger partial charge < -0.3 is 34.4 Å². The van der Waals surface area contributed by atoms with Gasteiger partial charge in [-0.2, -0.15) is 0 Å². The standard InChI is InChI=1S/C52H63N9O7S/c1-32-13-14-40(47-34(3)57-68-36(47)5)27-44(32)59(41-19-21-42(22-20-41)61-25-23-54-58-61)24-11-10-12-26-66-30-46(63)56-49(52(7,8)9)51(65)60-29-43(67-37(6)62)28-45(60)50(64)55-33(2)38-15-17-39(18-16-38)48-35(4)53-31-69-48/h13-23,25,27,31,33,43,45,49H,10-12,24,26,28-30H2,1-9H3,(H,55,64)(H,56,63)/t33-,43?,45?,49?/m0/s1. The number of aromatic nitrogens is 5. The van der Waals surface area contributed by atoms with Crippen LogP contribution in [0.5, 0.6) is 0 Å². The highest BCUT2D eigenvalue weighted by molar-refractivity contribution is 7.13. The van der Waals surface area contributed by atoms with E-state index >= 15 is 0 Å². The van der Waals surface area contributed by atoms with Crippen molar-refractivity contribution in [2.75, 3.05) is 31.2 Å². The maximum absolute atomic E-state index is 14.4. The van der Waals surface area contributed by atoms with Crippen LogP contribution in [0.2, 0.25) is 0 Å². The van der Waals surface area contributed by atoms with Crippen LogP contribution in [0.4, 0.5) is 11.4 Å². The summed E-state index contributed by atoms with van der Waals surface area (Å²) >= 11 is 1.57. The van der Waals surface area contributed by atoms with Crippen LogP contribution in [0.15, 0.2) is 89.2 Å². The summed E-state index contributed by atoms with van der Waals surface area (Å²) < 4.78 is 18.6. The molecule has 17 heteroatoms. The van der Waals surface area contributed by atoms with Crippen molar-refractivity contribution < 1.29 is 33.2 Å². The summed E-state index contributed by atoms with van der Waals surface area (Å²) in [5.41, 5.74) is 10.9. The second-order valence-electron chi connectivity index (χ2n) is 18.8. The van der Waals surface area contributed by atoms with Crippen molar-refractivity contribution >= 4 is 46.4 Å². The molecule has 1 aliphatic heterocycles. The van der Waals surface area contributed by atoms with Gasteiger partial charge in [-0.05, 0) is 112 Å². The number of carbonyl (C=O) groups excluding carboxylic acids is 4. The largest absolute Gasteiger partial charge is 0.461 e. The molecule has 4 heterocycles. The molecule has 3 aromatic carbocycles. The number of aryl methyl sites for hydroxylation is 4. The molecular formula is C52H63N9O7S. The van der Waals surface area contributed by atoms with Gasteiger partial charge in [0, 0.05) is 43.4 Å². The summed E-state index contributed by atoms with van der Waals surface area (Å²) in [6, 6.07) is 20.3. The molecule has 4 atom stereocenters. The number of carbonyl (C=O) groups is 4. The second-order valence-corrected chi connectivity index (χ2v) is 19.6. The van der Waals surface area contributed by atoms with Gasteiger partial charge in [0.2, 0.25) is 17.7 Å². The van der Waals surface area contributed by atoms with Crippen LogP contribution in [-0.2, 0) is 28.7 Å². The Kier molecular flexibility index (Phi) is 16.1. The zero-order chi connectivity index (χ0) is 49.4. The molecule has 0 aliphatic carbocycles. The number of unbranched alkanes of at least 4 members (excludes halogenated alkanes) is 2. The van der Waals surface area contributed by atoms with Crippen LogP contribution in [0.1, 0.15) is 94.6 Å². The van der Waals surface area contributed by atoms with Gasteiger partial charge in [-0.25, -0.2) is 9.67 Å². The number of hydrogen-bond donors (Lipinski definition) is 2. The van der Waals surface area contributed by atoms with Crippen molar-refractivity contribution in [2.24, 2.45) is 5.41 Å². The lowest BCUT2D eigenvalue weighted by atomic mass is 9.85. The number of nitrogens with zero attached hydrogens (tertiary/aromatic N) is 7. The Morgan fingerprint density at radius 1 is 0.928 bits per heavy atom. The number of anilines is 2. The summed E-state index contributed by atoms with van der Waals surface area (Å²) in [4.78, 5) is 63.1. The summed E-state index contributed by atoms with van der Waals surface area (Å²) in [6.45, 7) is 17.5. The molecule has 0 saturated carbocycles. The second kappa shape index (κ2) is 22.1. The molecule has 1 fully saturated rings. The van der Waals surface area contributed by atoms with E-state index in [1.807, 2.05) is 96.6 Å². The zero-order valence-corrected chi connectivity index (χ0v) is 41.8. The molecule has 6 aromatic rings. The van der Waals surface area contributed by atoms with Crippen molar-refractivity contribution in [2.45, 2.75) is 112 Å². The number of hydrogen-bond acceptors (Lipinski definition) is 13. The first-order valence-electron chi connectivity index (χ1n) is 23.4. The van der Waals surface area contributed by atoms with E-state index in [0.29, 0.717) is 13.0 Å². The molecule has 364 valence electrons. The smallest absolute Gasteiger partial charge is 0.302 e. The first kappa shape index (κ1) is 50.2. The van der Waals surface area contributed by atoms with Crippen molar-refractivity contribution in [3.05, 3.63) is 113 Å². The lowest BCUT2D eigenvalue weighted by molar-refractivity contribution is -0.147. The van der Waals surface area contributed by atoms with E-state index in [2.05, 4.69) is 73.2 Å².